The largest absolute Gasteiger partial charge is 0.491 e. The van der Waals surface area contributed by atoms with Gasteiger partial charge in [0.1, 0.15) is 17.1 Å². The maximum atomic E-state index is 13.4. The molecule has 0 unspecified atom stereocenters. The molecule has 9 heteroatoms. The summed E-state index contributed by atoms with van der Waals surface area (Å²) in [7, 11) is 0. The van der Waals surface area contributed by atoms with E-state index in [2.05, 4.69) is 4.98 Å². The van der Waals surface area contributed by atoms with Crippen molar-refractivity contribution in [2.45, 2.75) is 25.3 Å². The van der Waals surface area contributed by atoms with Crippen molar-refractivity contribution in [3.63, 3.8) is 0 Å². The molecule has 1 fully saturated rings. The smallest absolute Gasteiger partial charge is 0.275 e. The minimum absolute atomic E-state index is 0.136. The zero-order chi connectivity index (χ0) is 22.2. The minimum Gasteiger partial charge on any atom is -0.491 e. The first-order valence-electron chi connectivity index (χ1n) is 10.5. The van der Waals surface area contributed by atoms with Crippen LogP contribution in [0, 0.1) is 12.8 Å². The Morgan fingerprint density at radius 3 is 2.84 bits per heavy atom. The van der Waals surface area contributed by atoms with Crippen LogP contribution in [-0.2, 0) is 12.0 Å². The summed E-state index contributed by atoms with van der Waals surface area (Å²) in [5.74, 6) is 0.863. The predicted octanol–water partition coefficient (Wildman–Crippen LogP) is 3.46. The van der Waals surface area contributed by atoms with Gasteiger partial charge in [0.2, 0.25) is 0 Å². The zero-order valence-electron chi connectivity index (χ0n) is 17.3. The van der Waals surface area contributed by atoms with Crippen molar-refractivity contribution < 1.29 is 9.53 Å². The van der Waals surface area contributed by atoms with Crippen molar-refractivity contribution >= 4 is 29.1 Å². The lowest BCUT2D eigenvalue weighted by molar-refractivity contribution is 0.0670. The van der Waals surface area contributed by atoms with Gasteiger partial charge >= 0.3 is 0 Å². The van der Waals surface area contributed by atoms with Crippen LogP contribution in [0.1, 0.15) is 28.2 Å². The molecule has 1 amide bonds. The Bertz CT molecular complexity index is 1350. The van der Waals surface area contributed by atoms with Crippen molar-refractivity contribution in [3.05, 3.63) is 74.1 Å². The van der Waals surface area contributed by atoms with E-state index in [1.807, 2.05) is 17.9 Å². The average molecular weight is 471 g/mol. The number of aromatic nitrogens is 3. The number of fused-ring (bicyclic) bond motifs is 4. The quantitative estimate of drug-likeness (QED) is 0.587. The van der Waals surface area contributed by atoms with E-state index in [1.165, 1.54) is 0 Å². The van der Waals surface area contributed by atoms with E-state index >= 15 is 0 Å². The molecule has 1 saturated carbocycles. The van der Waals surface area contributed by atoms with Crippen LogP contribution in [0.2, 0.25) is 10.0 Å². The number of carbonyl (C=O) groups excluding carboxylic acids is 1. The Kier molecular flexibility index (Phi) is 4.26. The second kappa shape index (κ2) is 6.86. The first-order valence-corrected chi connectivity index (χ1v) is 11.3. The van der Waals surface area contributed by atoms with Crippen molar-refractivity contribution in [1.82, 2.24) is 19.0 Å². The summed E-state index contributed by atoms with van der Waals surface area (Å²) in [6.07, 6.45) is 4.33. The molecule has 32 heavy (non-hydrogen) atoms. The molecule has 164 valence electrons. The van der Waals surface area contributed by atoms with Gasteiger partial charge in [-0.15, -0.1) is 0 Å². The lowest BCUT2D eigenvalue weighted by atomic mass is 9.89. The molecule has 4 heterocycles. The number of hydrogen-bond acceptors (Lipinski definition) is 4. The van der Waals surface area contributed by atoms with Gasteiger partial charge in [0, 0.05) is 47.8 Å². The van der Waals surface area contributed by atoms with E-state index in [0.29, 0.717) is 59.3 Å². The Balaban J connectivity index is 1.33. The standard InChI is InChI=1S/C23H20Cl2N4O3/c1-13-9-28(12-26-13)18-2-3-19-21(30)27(4-5-29(19)22(18)31)11-23-8-14(23)10-32-20-16(23)6-15(24)7-17(20)25/h2-3,6-7,9,12,14H,4-5,8,10-11H2,1H3/t14-,23+/m1/s1. The molecule has 1 aromatic carbocycles. The number of carbonyl (C=O) groups is 1. The van der Waals surface area contributed by atoms with Crippen LogP contribution in [0.3, 0.4) is 0 Å². The molecule has 2 atom stereocenters. The number of aryl methyl sites for hydroxylation is 1. The molecule has 6 rings (SSSR count). The summed E-state index contributed by atoms with van der Waals surface area (Å²) in [5, 5.41) is 1.06. The molecule has 2 aliphatic heterocycles. The van der Waals surface area contributed by atoms with Crippen LogP contribution in [0.4, 0.5) is 0 Å². The van der Waals surface area contributed by atoms with Gasteiger partial charge in [-0.05, 0) is 37.6 Å². The summed E-state index contributed by atoms with van der Waals surface area (Å²) in [6, 6.07) is 7.02. The Labute approximate surface area is 194 Å². The second-order valence-corrected chi connectivity index (χ2v) is 9.69. The summed E-state index contributed by atoms with van der Waals surface area (Å²) in [5.41, 5.74) is 2.31. The number of ether oxygens (including phenoxy) is 1. The van der Waals surface area contributed by atoms with E-state index in [9.17, 15) is 9.59 Å². The minimum atomic E-state index is -0.200. The highest BCUT2D eigenvalue weighted by molar-refractivity contribution is 6.35. The molecule has 0 bridgehead atoms. The summed E-state index contributed by atoms with van der Waals surface area (Å²) < 4.78 is 9.15. The Hall–Kier alpha value is -2.77. The maximum absolute atomic E-state index is 13.4. The van der Waals surface area contributed by atoms with Crippen LogP contribution in [0.5, 0.6) is 5.75 Å². The second-order valence-electron chi connectivity index (χ2n) is 8.84. The maximum Gasteiger partial charge on any atom is 0.275 e. The molecule has 1 aliphatic carbocycles. The number of rotatable bonds is 3. The summed E-state index contributed by atoms with van der Waals surface area (Å²) >= 11 is 12.7. The topological polar surface area (TPSA) is 69.4 Å². The van der Waals surface area contributed by atoms with Crippen LogP contribution < -0.4 is 10.3 Å². The highest BCUT2D eigenvalue weighted by Crippen LogP contribution is 2.61. The molecule has 3 aliphatic rings. The fourth-order valence-corrected chi connectivity index (χ4v) is 5.72. The number of halogens is 2. The number of amides is 1. The molecule has 0 saturated heterocycles. The third kappa shape index (κ3) is 2.84. The summed E-state index contributed by atoms with van der Waals surface area (Å²) in [6.45, 7) is 3.92. The fourth-order valence-electron chi connectivity index (χ4n) is 5.17. The number of imidazole rings is 1. The van der Waals surface area contributed by atoms with E-state index < -0.39 is 0 Å². The van der Waals surface area contributed by atoms with Crippen LogP contribution >= 0.6 is 23.2 Å². The van der Waals surface area contributed by atoms with Gasteiger partial charge in [-0.25, -0.2) is 4.98 Å². The third-order valence-electron chi connectivity index (χ3n) is 6.92. The molecule has 0 radical (unpaired) electrons. The number of hydrogen-bond donors (Lipinski definition) is 0. The van der Waals surface area contributed by atoms with Crippen LogP contribution in [0.15, 0.2) is 41.6 Å². The highest BCUT2D eigenvalue weighted by Gasteiger charge is 2.60. The van der Waals surface area contributed by atoms with Crippen molar-refractivity contribution in [3.8, 4) is 11.4 Å². The lowest BCUT2D eigenvalue weighted by Crippen LogP contribution is -2.48. The number of benzene rings is 1. The molecule has 3 aromatic rings. The van der Waals surface area contributed by atoms with Gasteiger partial charge < -0.3 is 18.8 Å². The van der Waals surface area contributed by atoms with Crippen molar-refractivity contribution in [1.29, 1.82) is 0 Å². The first-order chi connectivity index (χ1) is 15.4. The van der Waals surface area contributed by atoms with E-state index in [1.54, 1.807) is 39.9 Å². The zero-order valence-corrected chi connectivity index (χ0v) is 18.9. The van der Waals surface area contributed by atoms with Gasteiger partial charge in [-0.2, -0.15) is 0 Å². The van der Waals surface area contributed by atoms with E-state index in [0.717, 1.165) is 17.7 Å². The molecular weight excluding hydrogens is 451 g/mol. The molecule has 7 nitrogen and oxygen atoms in total. The molecule has 2 aromatic heterocycles. The van der Waals surface area contributed by atoms with Gasteiger partial charge in [-0.1, -0.05) is 23.2 Å². The van der Waals surface area contributed by atoms with E-state index in [-0.39, 0.29) is 16.9 Å². The van der Waals surface area contributed by atoms with Crippen molar-refractivity contribution in [2.24, 2.45) is 5.92 Å². The molecular formula is C23H20Cl2N4O3. The SMILES string of the molecule is Cc1cn(-c2ccc3n(c2=O)CCN(C[C@@]24C[C@@H]2COc2c(Cl)cc(Cl)cc24)C3=O)cn1. The Morgan fingerprint density at radius 1 is 1.22 bits per heavy atom. The molecule has 0 N–H and O–H groups in total. The van der Waals surface area contributed by atoms with Gasteiger partial charge in [0.15, 0.2) is 0 Å². The van der Waals surface area contributed by atoms with Crippen LogP contribution in [-0.4, -0.2) is 44.6 Å². The van der Waals surface area contributed by atoms with Crippen LogP contribution in [0.25, 0.3) is 5.69 Å². The average Bonchev–Trinajstić information content (AvgIpc) is 3.33. The van der Waals surface area contributed by atoms with Crippen molar-refractivity contribution in [2.75, 3.05) is 19.7 Å². The Morgan fingerprint density at radius 2 is 2.06 bits per heavy atom. The van der Waals surface area contributed by atoms with E-state index in [4.69, 9.17) is 27.9 Å². The number of pyridine rings is 1. The summed E-state index contributed by atoms with van der Waals surface area (Å²) in [4.78, 5) is 32.5. The lowest BCUT2D eigenvalue weighted by Gasteiger charge is -2.35. The fraction of sp³-hybridized carbons (Fsp3) is 0.348. The number of nitrogens with zero attached hydrogens (tertiary/aromatic N) is 4. The molecule has 0 spiro atoms. The third-order valence-corrected chi connectivity index (χ3v) is 7.42. The van der Waals surface area contributed by atoms with Gasteiger partial charge in [0.25, 0.3) is 11.5 Å². The normalized spacial score (nSPS) is 23.3. The monoisotopic (exact) mass is 470 g/mol. The van der Waals surface area contributed by atoms with Gasteiger partial charge in [0.05, 0.1) is 23.7 Å². The van der Waals surface area contributed by atoms with Gasteiger partial charge in [-0.3, -0.25) is 9.59 Å². The highest BCUT2D eigenvalue weighted by atomic mass is 35.5. The first kappa shape index (κ1) is 19.9. The predicted molar refractivity (Wildman–Crippen MR) is 120 cm³/mol.